The number of hydrogen-bond acceptors (Lipinski definition) is 4. The van der Waals surface area contributed by atoms with E-state index in [4.69, 9.17) is 0 Å². The molecule has 8 heteroatoms. The minimum atomic E-state index is -0.696. The number of nitro groups is 1. The fraction of sp³-hybridized carbons (Fsp3) is 0.158. The summed E-state index contributed by atoms with van der Waals surface area (Å²) in [7, 11) is 1.76. The summed E-state index contributed by atoms with van der Waals surface area (Å²) in [5.41, 5.74) is 0.714. The van der Waals surface area contributed by atoms with Crippen molar-refractivity contribution >= 4 is 11.6 Å². The number of carbonyl (C=O) groups excluding carboxylic acids is 1. The van der Waals surface area contributed by atoms with Gasteiger partial charge in [-0.05, 0) is 30.7 Å². The number of aromatic nitrogens is 2. The van der Waals surface area contributed by atoms with Gasteiger partial charge in [-0.2, -0.15) is 0 Å². The Bertz CT molecular complexity index is 998. The van der Waals surface area contributed by atoms with E-state index in [1.165, 1.54) is 18.2 Å². The van der Waals surface area contributed by atoms with E-state index in [0.29, 0.717) is 17.0 Å². The summed E-state index contributed by atoms with van der Waals surface area (Å²) in [6, 6.07) is 9.52. The lowest BCUT2D eigenvalue weighted by Gasteiger charge is -2.19. The lowest BCUT2D eigenvalue weighted by Crippen LogP contribution is -2.31. The van der Waals surface area contributed by atoms with Crippen LogP contribution >= 0.6 is 0 Å². The number of nitro benzene ring substituents is 1. The molecule has 0 spiro atoms. The molecule has 1 atom stereocenters. The molecule has 138 valence electrons. The number of imidazole rings is 1. The summed E-state index contributed by atoms with van der Waals surface area (Å²) < 4.78 is 15.0. The van der Waals surface area contributed by atoms with Gasteiger partial charge in [-0.25, -0.2) is 9.37 Å². The quantitative estimate of drug-likeness (QED) is 0.553. The third kappa shape index (κ3) is 3.69. The van der Waals surface area contributed by atoms with Gasteiger partial charge in [0.25, 0.3) is 11.6 Å². The first kappa shape index (κ1) is 18.2. The van der Waals surface area contributed by atoms with E-state index in [1.54, 1.807) is 55.2 Å². The second-order valence-corrected chi connectivity index (χ2v) is 6.08. The lowest BCUT2D eigenvalue weighted by molar-refractivity contribution is -0.385. The van der Waals surface area contributed by atoms with E-state index in [-0.39, 0.29) is 11.3 Å². The van der Waals surface area contributed by atoms with E-state index in [0.717, 1.165) is 0 Å². The number of hydrogen-bond donors (Lipinski definition) is 1. The van der Waals surface area contributed by atoms with Crippen LogP contribution < -0.4 is 5.32 Å². The molecule has 0 aliphatic carbocycles. The van der Waals surface area contributed by atoms with Crippen molar-refractivity contribution in [3.8, 4) is 0 Å². The summed E-state index contributed by atoms with van der Waals surface area (Å²) >= 11 is 0. The van der Waals surface area contributed by atoms with Gasteiger partial charge in [-0.1, -0.05) is 24.3 Å². The summed E-state index contributed by atoms with van der Waals surface area (Å²) in [6.45, 7) is 1.57. The van der Waals surface area contributed by atoms with E-state index >= 15 is 0 Å². The van der Waals surface area contributed by atoms with E-state index in [2.05, 4.69) is 10.3 Å². The van der Waals surface area contributed by atoms with Crippen LogP contribution in [0.5, 0.6) is 0 Å². The molecule has 0 saturated carbocycles. The molecular formula is C19H17FN4O3. The van der Waals surface area contributed by atoms with Crippen LogP contribution in [0.25, 0.3) is 0 Å². The minimum absolute atomic E-state index is 0.0404. The standard InChI is InChI=1S/C19H17FN4O3/c1-12-4-3-5-15(17(12)24(26)27)19(25)22-16(18-21-10-11-23(18)2)13-6-8-14(20)9-7-13/h3-11,16H,1-2H3,(H,22,25). The van der Waals surface area contributed by atoms with Crippen LogP contribution in [-0.2, 0) is 7.05 Å². The minimum Gasteiger partial charge on any atom is -0.338 e. The molecular weight excluding hydrogens is 351 g/mol. The van der Waals surface area contributed by atoms with Gasteiger partial charge in [0.2, 0.25) is 0 Å². The molecule has 0 aliphatic rings. The Kier molecular flexibility index (Phi) is 4.98. The van der Waals surface area contributed by atoms with Crippen molar-refractivity contribution in [2.24, 2.45) is 7.05 Å². The molecule has 1 N–H and O–H groups in total. The van der Waals surface area contributed by atoms with Gasteiger partial charge in [-0.15, -0.1) is 0 Å². The third-order valence-electron chi connectivity index (χ3n) is 4.26. The average molecular weight is 368 g/mol. The van der Waals surface area contributed by atoms with Crippen molar-refractivity contribution in [3.63, 3.8) is 0 Å². The van der Waals surface area contributed by atoms with Crippen LogP contribution in [0.3, 0.4) is 0 Å². The van der Waals surface area contributed by atoms with Crippen LogP contribution in [0.1, 0.15) is 33.4 Å². The molecule has 3 aromatic rings. The molecule has 0 radical (unpaired) electrons. The zero-order valence-corrected chi connectivity index (χ0v) is 14.7. The highest BCUT2D eigenvalue weighted by Gasteiger charge is 2.27. The molecule has 0 bridgehead atoms. The summed E-state index contributed by atoms with van der Waals surface area (Å²) in [5, 5.41) is 14.2. The van der Waals surface area contributed by atoms with Gasteiger partial charge in [0.05, 0.1) is 4.92 Å². The van der Waals surface area contributed by atoms with Gasteiger partial charge < -0.3 is 9.88 Å². The highest BCUT2D eigenvalue weighted by Crippen LogP contribution is 2.26. The van der Waals surface area contributed by atoms with Crippen molar-refractivity contribution in [2.45, 2.75) is 13.0 Å². The van der Waals surface area contributed by atoms with Gasteiger partial charge in [0.1, 0.15) is 23.2 Å². The Balaban J connectivity index is 2.02. The van der Waals surface area contributed by atoms with Crippen molar-refractivity contribution in [1.29, 1.82) is 0 Å². The normalized spacial score (nSPS) is 11.8. The van der Waals surface area contributed by atoms with Crippen molar-refractivity contribution in [3.05, 3.63) is 93.3 Å². The third-order valence-corrected chi connectivity index (χ3v) is 4.26. The molecule has 0 fully saturated rings. The van der Waals surface area contributed by atoms with E-state index < -0.39 is 22.7 Å². The van der Waals surface area contributed by atoms with Crippen LogP contribution in [0.4, 0.5) is 10.1 Å². The number of halogens is 1. The monoisotopic (exact) mass is 368 g/mol. The topological polar surface area (TPSA) is 90.1 Å². The highest BCUT2D eigenvalue weighted by molar-refractivity contribution is 5.99. The smallest absolute Gasteiger partial charge is 0.285 e. The van der Waals surface area contributed by atoms with E-state index in [9.17, 15) is 19.3 Å². The van der Waals surface area contributed by atoms with Crippen LogP contribution in [0.2, 0.25) is 0 Å². The number of para-hydroxylation sites is 1. The van der Waals surface area contributed by atoms with Crippen molar-refractivity contribution < 1.29 is 14.1 Å². The Morgan fingerprint density at radius 2 is 1.96 bits per heavy atom. The SMILES string of the molecule is Cc1cccc(C(=O)NC(c2ccc(F)cc2)c2nccn2C)c1[N+](=O)[O-]. The van der Waals surface area contributed by atoms with E-state index in [1.807, 2.05) is 0 Å². The highest BCUT2D eigenvalue weighted by atomic mass is 19.1. The molecule has 27 heavy (non-hydrogen) atoms. The largest absolute Gasteiger partial charge is 0.338 e. The molecule has 7 nitrogen and oxygen atoms in total. The number of aryl methyl sites for hydroxylation is 2. The second kappa shape index (κ2) is 7.36. The maximum absolute atomic E-state index is 13.3. The van der Waals surface area contributed by atoms with Gasteiger partial charge in [0, 0.05) is 25.0 Å². The molecule has 1 aromatic heterocycles. The van der Waals surface area contributed by atoms with Gasteiger partial charge in [-0.3, -0.25) is 14.9 Å². The number of benzene rings is 2. The first-order valence-corrected chi connectivity index (χ1v) is 8.16. The fourth-order valence-electron chi connectivity index (χ4n) is 2.90. The van der Waals surface area contributed by atoms with Crippen LogP contribution in [0, 0.1) is 22.9 Å². The number of carbonyl (C=O) groups is 1. The van der Waals surface area contributed by atoms with Crippen molar-refractivity contribution in [1.82, 2.24) is 14.9 Å². The molecule has 0 saturated heterocycles. The van der Waals surface area contributed by atoms with Crippen LogP contribution in [0.15, 0.2) is 54.9 Å². The Morgan fingerprint density at radius 3 is 2.56 bits per heavy atom. The fourth-order valence-corrected chi connectivity index (χ4v) is 2.90. The summed E-state index contributed by atoms with van der Waals surface area (Å²) in [4.78, 5) is 27.9. The number of rotatable bonds is 5. The average Bonchev–Trinajstić information content (AvgIpc) is 3.05. The van der Waals surface area contributed by atoms with Gasteiger partial charge in [0.15, 0.2) is 0 Å². The first-order chi connectivity index (χ1) is 12.9. The summed E-state index contributed by atoms with van der Waals surface area (Å²) in [5.74, 6) is -0.494. The molecule has 1 unspecified atom stereocenters. The Morgan fingerprint density at radius 1 is 1.26 bits per heavy atom. The molecule has 2 aromatic carbocycles. The maximum Gasteiger partial charge on any atom is 0.285 e. The number of amides is 1. The first-order valence-electron chi connectivity index (χ1n) is 8.16. The zero-order valence-electron chi connectivity index (χ0n) is 14.7. The van der Waals surface area contributed by atoms with Gasteiger partial charge >= 0.3 is 0 Å². The second-order valence-electron chi connectivity index (χ2n) is 6.08. The molecule has 3 rings (SSSR count). The maximum atomic E-state index is 13.3. The Hall–Kier alpha value is -3.55. The number of nitrogens with one attached hydrogen (secondary N) is 1. The predicted octanol–water partition coefficient (Wildman–Crippen LogP) is 3.30. The lowest BCUT2D eigenvalue weighted by atomic mass is 10.0. The zero-order chi connectivity index (χ0) is 19.6. The molecule has 1 amide bonds. The summed E-state index contributed by atoms with van der Waals surface area (Å²) in [6.07, 6.45) is 3.29. The molecule has 0 aliphatic heterocycles. The van der Waals surface area contributed by atoms with Crippen LogP contribution in [-0.4, -0.2) is 20.4 Å². The predicted molar refractivity (Wildman–Crippen MR) is 96.8 cm³/mol. The Labute approximate surface area is 154 Å². The number of nitrogens with zero attached hydrogens (tertiary/aromatic N) is 3. The van der Waals surface area contributed by atoms with Crippen molar-refractivity contribution in [2.75, 3.05) is 0 Å². The molecule has 1 heterocycles.